The summed E-state index contributed by atoms with van der Waals surface area (Å²) in [4.78, 5) is 27.7. The number of aryl methyl sites for hydroxylation is 1. The van der Waals surface area contributed by atoms with Crippen LogP contribution in [0.5, 0.6) is 5.75 Å². The Morgan fingerprint density at radius 1 is 1.12 bits per heavy atom. The van der Waals surface area contributed by atoms with E-state index in [0.717, 1.165) is 48.2 Å². The number of amides is 3. The molecular weight excluding hydrogens is 404 g/mol. The van der Waals surface area contributed by atoms with E-state index in [-0.39, 0.29) is 30.1 Å². The minimum atomic E-state index is -0.275. The normalized spacial score (nSPS) is 22.4. The molecule has 7 heteroatoms. The van der Waals surface area contributed by atoms with Gasteiger partial charge in [0.05, 0.1) is 25.7 Å². The Bertz CT molecular complexity index is 946. The van der Waals surface area contributed by atoms with Crippen molar-refractivity contribution in [3.8, 4) is 5.75 Å². The van der Waals surface area contributed by atoms with Crippen molar-refractivity contribution in [2.45, 2.75) is 51.4 Å². The molecule has 1 saturated heterocycles. The molecule has 0 bridgehead atoms. The molecule has 7 nitrogen and oxygen atoms in total. The molecule has 2 aromatic carbocycles. The molecule has 2 fully saturated rings. The molecule has 2 aromatic rings. The Morgan fingerprint density at radius 3 is 2.62 bits per heavy atom. The number of methoxy groups -OCH3 is 1. The highest BCUT2D eigenvalue weighted by molar-refractivity contribution is 5.90. The zero-order valence-electron chi connectivity index (χ0n) is 18.8. The predicted octanol–water partition coefficient (Wildman–Crippen LogP) is 3.64. The average molecular weight is 437 g/mol. The first kappa shape index (κ1) is 22.1. The number of carbonyl (C=O) groups is 2. The van der Waals surface area contributed by atoms with Gasteiger partial charge >= 0.3 is 6.03 Å². The van der Waals surface area contributed by atoms with Crippen LogP contribution in [0.25, 0.3) is 0 Å². The first-order valence-electron chi connectivity index (χ1n) is 11.3. The van der Waals surface area contributed by atoms with Crippen LogP contribution in [0.3, 0.4) is 0 Å². The molecule has 1 aliphatic heterocycles. The maximum absolute atomic E-state index is 13.3. The van der Waals surface area contributed by atoms with Gasteiger partial charge in [-0.1, -0.05) is 43.2 Å². The lowest BCUT2D eigenvalue weighted by atomic mass is 9.82. The molecule has 1 aliphatic carbocycles. The number of carbonyl (C=O) groups excluding carboxylic acids is 2. The summed E-state index contributed by atoms with van der Waals surface area (Å²) in [5.41, 5.74) is 2.77. The second-order valence-electron chi connectivity index (χ2n) is 8.70. The first-order chi connectivity index (χ1) is 15.5. The van der Waals surface area contributed by atoms with E-state index in [0.29, 0.717) is 13.1 Å². The largest absolute Gasteiger partial charge is 0.497 e. The van der Waals surface area contributed by atoms with Crippen LogP contribution in [0.2, 0.25) is 0 Å². The van der Waals surface area contributed by atoms with Gasteiger partial charge in [-0.3, -0.25) is 10.1 Å². The molecule has 0 radical (unpaired) electrons. The van der Waals surface area contributed by atoms with Gasteiger partial charge in [-0.05, 0) is 49.1 Å². The van der Waals surface area contributed by atoms with Crippen molar-refractivity contribution in [2.24, 2.45) is 5.92 Å². The lowest BCUT2D eigenvalue weighted by molar-refractivity contribution is -0.131. The monoisotopic (exact) mass is 436 g/mol. The lowest BCUT2D eigenvalue weighted by Crippen LogP contribution is -2.65. The van der Waals surface area contributed by atoms with Crippen LogP contribution in [-0.2, 0) is 11.3 Å². The van der Waals surface area contributed by atoms with E-state index in [2.05, 4.69) is 16.0 Å². The summed E-state index contributed by atoms with van der Waals surface area (Å²) in [6, 6.07) is 15.4. The van der Waals surface area contributed by atoms with Gasteiger partial charge in [-0.2, -0.15) is 0 Å². The third kappa shape index (κ3) is 5.22. The van der Waals surface area contributed by atoms with Crippen LogP contribution in [0.15, 0.2) is 48.5 Å². The Kier molecular flexibility index (Phi) is 6.95. The number of anilines is 1. The molecule has 3 unspecified atom stereocenters. The molecular formula is C25H32N4O3. The number of rotatable bonds is 6. The number of hydrogen-bond donors (Lipinski definition) is 3. The van der Waals surface area contributed by atoms with E-state index in [9.17, 15) is 9.59 Å². The smallest absolute Gasteiger partial charge is 0.322 e. The molecule has 2 aliphatic rings. The molecule has 0 spiro atoms. The summed E-state index contributed by atoms with van der Waals surface area (Å²) in [5, 5.41) is 9.70. The zero-order chi connectivity index (χ0) is 22.5. The van der Waals surface area contributed by atoms with Crippen LogP contribution in [0, 0.1) is 12.8 Å². The number of fused-ring (bicyclic) bond motifs is 1. The van der Waals surface area contributed by atoms with Crippen molar-refractivity contribution < 1.29 is 14.3 Å². The second kappa shape index (κ2) is 10.0. The minimum Gasteiger partial charge on any atom is -0.497 e. The number of ether oxygens (including phenoxy) is 1. The van der Waals surface area contributed by atoms with Gasteiger partial charge in [0.1, 0.15) is 5.75 Å². The van der Waals surface area contributed by atoms with Crippen LogP contribution in [0.1, 0.15) is 36.8 Å². The molecule has 3 atom stereocenters. The van der Waals surface area contributed by atoms with Crippen LogP contribution >= 0.6 is 0 Å². The molecule has 3 N–H and O–H groups in total. The fourth-order valence-electron chi connectivity index (χ4n) is 4.62. The number of nitrogens with one attached hydrogen (secondary N) is 3. The van der Waals surface area contributed by atoms with Crippen LogP contribution in [0.4, 0.5) is 10.5 Å². The number of nitrogens with zero attached hydrogens (tertiary/aromatic N) is 1. The maximum atomic E-state index is 13.3. The van der Waals surface area contributed by atoms with Crippen molar-refractivity contribution >= 4 is 17.6 Å². The fourth-order valence-corrected chi connectivity index (χ4v) is 4.62. The highest BCUT2D eigenvalue weighted by Crippen LogP contribution is 2.27. The summed E-state index contributed by atoms with van der Waals surface area (Å²) in [7, 11) is 1.63. The van der Waals surface area contributed by atoms with E-state index < -0.39 is 0 Å². The highest BCUT2D eigenvalue weighted by Gasteiger charge is 2.38. The van der Waals surface area contributed by atoms with Gasteiger partial charge in [0.25, 0.3) is 0 Å². The Hall–Kier alpha value is -3.06. The number of para-hydroxylation sites is 1. The van der Waals surface area contributed by atoms with E-state index in [1.165, 1.54) is 0 Å². The number of urea groups is 1. The summed E-state index contributed by atoms with van der Waals surface area (Å²) < 4.78 is 5.25. The summed E-state index contributed by atoms with van der Waals surface area (Å²) in [6.07, 6.45) is 3.89. The first-order valence-corrected chi connectivity index (χ1v) is 11.3. The standard InChI is InChI=1S/C25H32N4O3/c1-17-7-3-5-9-21(17)27-25(31)29(15-18-11-13-19(32-2)14-12-18)16-23-26-22-10-6-4-8-20(22)24(30)28-23/h3,5,7,9,11-14,20,22-23,26H,4,6,8,10,15-16H2,1-2H3,(H,27,31)(H,28,30). The predicted molar refractivity (Wildman–Crippen MR) is 124 cm³/mol. The lowest BCUT2D eigenvalue weighted by Gasteiger charge is -2.41. The fraction of sp³-hybridized carbons (Fsp3) is 0.440. The third-order valence-corrected chi connectivity index (χ3v) is 6.44. The molecule has 1 heterocycles. The summed E-state index contributed by atoms with van der Waals surface area (Å²) in [6.45, 7) is 2.76. The maximum Gasteiger partial charge on any atom is 0.322 e. The second-order valence-corrected chi connectivity index (χ2v) is 8.70. The minimum absolute atomic E-state index is 0.0378. The van der Waals surface area contributed by atoms with Crippen LogP contribution < -0.4 is 20.7 Å². The van der Waals surface area contributed by atoms with Crippen molar-refractivity contribution in [3.63, 3.8) is 0 Å². The van der Waals surface area contributed by atoms with Crippen molar-refractivity contribution in [1.29, 1.82) is 0 Å². The van der Waals surface area contributed by atoms with Gasteiger partial charge in [0.2, 0.25) is 5.91 Å². The highest BCUT2D eigenvalue weighted by atomic mass is 16.5. The number of benzene rings is 2. The Morgan fingerprint density at radius 2 is 1.88 bits per heavy atom. The summed E-state index contributed by atoms with van der Waals surface area (Å²) >= 11 is 0. The molecule has 170 valence electrons. The zero-order valence-corrected chi connectivity index (χ0v) is 18.8. The van der Waals surface area contributed by atoms with E-state index in [4.69, 9.17) is 4.74 Å². The molecule has 1 saturated carbocycles. The third-order valence-electron chi connectivity index (χ3n) is 6.44. The van der Waals surface area contributed by atoms with Gasteiger partial charge < -0.3 is 20.3 Å². The van der Waals surface area contributed by atoms with E-state index in [1.54, 1.807) is 12.0 Å². The molecule has 0 aromatic heterocycles. The van der Waals surface area contributed by atoms with Crippen molar-refractivity contribution in [3.05, 3.63) is 59.7 Å². The van der Waals surface area contributed by atoms with Gasteiger partial charge in [-0.25, -0.2) is 4.79 Å². The van der Waals surface area contributed by atoms with Crippen molar-refractivity contribution in [1.82, 2.24) is 15.5 Å². The molecule has 3 amide bonds. The van der Waals surface area contributed by atoms with E-state index >= 15 is 0 Å². The van der Waals surface area contributed by atoms with E-state index in [1.807, 2.05) is 55.5 Å². The van der Waals surface area contributed by atoms with Crippen molar-refractivity contribution in [2.75, 3.05) is 19.0 Å². The Balaban J connectivity index is 1.50. The quantitative estimate of drug-likeness (QED) is 0.646. The van der Waals surface area contributed by atoms with Gasteiger partial charge in [-0.15, -0.1) is 0 Å². The SMILES string of the molecule is COc1ccc(CN(CC2NC(=O)C3CCCCC3N2)C(=O)Nc2ccccc2C)cc1. The average Bonchev–Trinajstić information content (AvgIpc) is 2.80. The summed E-state index contributed by atoms with van der Waals surface area (Å²) in [5.74, 6) is 0.909. The molecule has 32 heavy (non-hydrogen) atoms. The van der Waals surface area contributed by atoms with Gasteiger partial charge in [0, 0.05) is 18.3 Å². The molecule has 4 rings (SSSR count). The topological polar surface area (TPSA) is 82.7 Å². The van der Waals surface area contributed by atoms with Gasteiger partial charge in [0.15, 0.2) is 0 Å². The van der Waals surface area contributed by atoms with Crippen LogP contribution in [-0.4, -0.2) is 42.7 Å². The number of hydrogen-bond acceptors (Lipinski definition) is 4. The Labute approximate surface area is 189 Å².